The summed E-state index contributed by atoms with van der Waals surface area (Å²) in [7, 11) is 0. The Balaban J connectivity index is 0.000000185. The summed E-state index contributed by atoms with van der Waals surface area (Å²) in [5, 5.41) is 7.74. The molecule has 0 bridgehead atoms. The van der Waals surface area contributed by atoms with Gasteiger partial charge < -0.3 is 0 Å². The van der Waals surface area contributed by atoms with Gasteiger partial charge in [-0.1, -0.05) is 163 Å². The molecule has 1 heteroatoms. The molecule has 1 nitrogen and oxygen atoms in total. The van der Waals surface area contributed by atoms with Crippen molar-refractivity contribution in [2.24, 2.45) is 4.99 Å². The highest BCUT2D eigenvalue weighted by atomic mass is 14.7. The van der Waals surface area contributed by atoms with Crippen molar-refractivity contribution in [3.05, 3.63) is 187 Å². The molecule has 0 spiro atoms. The van der Waals surface area contributed by atoms with Gasteiger partial charge in [-0.05, 0) is 98.6 Å². The first-order chi connectivity index (χ1) is 23.1. The highest BCUT2D eigenvalue weighted by Crippen LogP contribution is 2.44. The molecule has 0 amide bonds. The summed E-state index contributed by atoms with van der Waals surface area (Å²) in [4.78, 5) is 4.65. The van der Waals surface area contributed by atoms with Crippen molar-refractivity contribution in [1.82, 2.24) is 0 Å². The van der Waals surface area contributed by atoms with Crippen LogP contribution in [0.4, 0.5) is 5.69 Å². The van der Waals surface area contributed by atoms with Crippen molar-refractivity contribution >= 4 is 43.7 Å². The Morgan fingerprint density at radius 1 is 0.426 bits per heavy atom. The van der Waals surface area contributed by atoms with Crippen LogP contribution in [0.2, 0.25) is 0 Å². The van der Waals surface area contributed by atoms with E-state index in [4.69, 9.17) is 0 Å². The quantitative estimate of drug-likeness (QED) is 0.140. The van der Waals surface area contributed by atoms with Crippen molar-refractivity contribution in [2.45, 2.75) is 20.8 Å². The lowest BCUT2D eigenvalue weighted by Crippen LogP contribution is -1.93. The van der Waals surface area contributed by atoms with E-state index in [1.54, 1.807) is 0 Å². The van der Waals surface area contributed by atoms with E-state index in [0.717, 1.165) is 11.4 Å². The summed E-state index contributed by atoms with van der Waals surface area (Å²) < 4.78 is 0. The molecule has 47 heavy (non-hydrogen) atoms. The molecule has 0 atom stereocenters. The molecule has 8 aromatic rings. The lowest BCUT2D eigenvalue weighted by atomic mass is 9.85. The van der Waals surface area contributed by atoms with E-state index < -0.39 is 0 Å². The van der Waals surface area contributed by atoms with Gasteiger partial charge in [0.15, 0.2) is 0 Å². The smallest absolute Gasteiger partial charge is 0.0662 e. The lowest BCUT2D eigenvalue weighted by molar-refractivity contribution is 1.38. The molecular formula is C46H37N. The van der Waals surface area contributed by atoms with Gasteiger partial charge in [0.25, 0.3) is 0 Å². The Kier molecular flexibility index (Phi) is 8.45. The van der Waals surface area contributed by atoms with E-state index >= 15 is 0 Å². The van der Waals surface area contributed by atoms with Crippen molar-refractivity contribution in [3.8, 4) is 22.3 Å². The molecule has 0 unspecified atom stereocenters. The average molecular weight is 604 g/mol. The molecule has 0 aliphatic rings. The van der Waals surface area contributed by atoms with Crippen LogP contribution in [0.3, 0.4) is 0 Å². The molecule has 226 valence electrons. The number of hydrogen-bond donors (Lipinski definition) is 0. The summed E-state index contributed by atoms with van der Waals surface area (Å²) in [5.74, 6) is 0. The minimum absolute atomic E-state index is 1.05. The maximum absolute atomic E-state index is 4.65. The van der Waals surface area contributed by atoms with E-state index in [0.29, 0.717) is 0 Å². The van der Waals surface area contributed by atoms with Crippen LogP contribution in [-0.2, 0) is 0 Å². The highest BCUT2D eigenvalue weighted by molar-refractivity contribution is 6.21. The third-order valence-corrected chi connectivity index (χ3v) is 8.91. The molecule has 8 rings (SSSR count). The maximum atomic E-state index is 4.65. The SMILES string of the molecule is CC(=Nc1ccccc1C)c1ccccc1.Cc1ccc(-c2c3ccccc3c(-c3ccc4ccccc4c3)c3ccccc23)cc1. The third-order valence-electron chi connectivity index (χ3n) is 8.91. The van der Waals surface area contributed by atoms with Gasteiger partial charge in [0.2, 0.25) is 0 Å². The van der Waals surface area contributed by atoms with Gasteiger partial charge in [0.1, 0.15) is 0 Å². The normalized spacial score (nSPS) is 11.4. The topological polar surface area (TPSA) is 12.4 Å². The Labute approximate surface area is 277 Å². The third kappa shape index (κ3) is 6.21. The minimum atomic E-state index is 1.05. The zero-order chi connectivity index (χ0) is 32.2. The van der Waals surface area contributed by atoms with Crippen molar-refractivity contribution in [3.63, 3.8) is 0 Å². The van der Waals surface area contributed by atoms with Gasteiger partial charge in [0.05, 0.1) is 5.69 Å². The van der Waals surface area contributed by atoms with Crippen LogP contribution in [0, 0.1) is 13.8 Å². The largest absolute Gasteiger partial charge is 0.253 e. The van der Waals surface area contributed by atoms with Crippen LogP contribution in [0.5, 0.6) is 0 Å². The first-order valence-electron chi connectivity index (χ1n) is 16.2. The summed E-state index contributed by atoms with van der Waals surface area (Å²) in [6.45, 7) is 6.27. The molecule has 0 radical (unpaired) electrons. The van der Waals surface area contributed by atoms with Crippen LogP contribution in [0.15, 0.2) is 175 Å². The van der Waals surface area contributed by atoms with Gasteiger partial charge in [-0.25, -0.2) is 0 Å². The first-order valence-corrected chi connectivity index (χ1v) is 16.2. The van der Waals surface area contributed by atoms with E-state index in [2.05, 4.69) is 152 Å². The fraction of sp³-hybridized carbons (Fsp3) is 0.0652. The van der Waals surface area contributed by atoms with Crippen LogP contribution < -0.4 is 0 Å². The number of aryl methyl sites for hydroxylation is 2. The highest BCUT2D eigenvalue weighted by Gasteiger charge is 2.16. The van der Waals surface area contributed by atoms with Crippen molar-refractivity contribution < 1.29 is 0 Å². The molecule has 0 N–H and O–H groups in total. The van der Waals surface area contributed by atoms with Gasteiger partial charge in [-0.3, -0.25) is 4.99 Å². The van der Waals surface area contributed by atoms with Crippen LogP contribution in [0.1, 0.15) is 23.6 Å². The van der Waals surface area contributed by atoms with Gasteiger partial charge in [-0.2, -0.15) is 0 Å². The monoisotopic (exact) mass is 603 g/mol. The van der Waals surface area contributed by atoms with E-state index in [1.807, 2.05) is 43.3 Å². The van der Waals surface area contributed by atoms with Crippen LogP contribution >= 0.6 is 0 Å². The summed E-state index contributed by atoms with van der Waals surface area (Å²) >= 11 is 0. The minimum Gasteiger partial charge on any atom is -0.253 e. The standard InChI is InChI=1S/C31H22.C15H15N/c1-21-14-16-23(17-15-21)30-26-10-4-6-12-28(26)31(29-13-7-5-11-27(29)30)25-19-18-22-8-2-3-9-24(22)20-25;1-12-8-6-7-11-15(12)16-13(2)14-9-4-3-5-10-14/h2-20H,1H3;3-11H,1-2H3. The summed E-state index contributed by atoms with van der Waals surface area (Å²) in [6, 6.07) is 60.4. The molecule has 0 saturated heterocycles. The number of para-hydroxylation sites is 1. The van der Waals surface area contributed by atoms with Gasteiger partial charge in [0, 0.05) is 5.71 Å². The number of rotatable bonds is 4. The van der Waals surface area contributed by atoms with E-state index in [9.17, 15) is 0 Å². The Morgan fingerprint density at radius 2 is 0.915 bits per heavy atom. The Morgan fingerprint density at radius 3 is 1.53 bits per heavy atom. The summed E-state index contributed by atoms with van der Waals surface area (Å²) in [5.41, 5.74) is 10.9. The maximum Gasteiger partial charge on any atom is 0.0662 e. The molecule has 0 fully saturated rings. The Hall–Kier alpha value is -5.79. The second-order valence-corrected chi connectivity index (χ2v) is 12.1. The fourth-order valence-corrected chi connectivity index (χ4v) is 6.43. The zero-order valence-corrected chi connectivity index (χ0v) is 27.1. The number of hydrogen-bond acceptors (Lipinski definition) is 1. The second-order valence-electron chi connectivity index (χ2n) is 12.1. The number of nitrogens with zero attached hydrogens (tertiary/aromatic N) is 1. The van der Waals surface area contributed by atoms with E-state index in [1.165, 1.54) is 71.3 Å². The molecule has 0 heterocycles. The number of aliphatic imine (C=N–C) groups is 1. The Bertz CT molecular complexity index is 2310. The van der Waals surface area contributed by atoms with Crippen LogP contribution in [-0.4, -0.2) is 5.71 Å². The predicted octanol–water partition coefficient (Wildman–Crippen LogP) is 12.9. The first kappa shape index (κ1) is 29.9. The van der Waals surface area contributed by atoms with Crippen molar-refractivity contribution in [2.75, 3.05) is 0 Å². The second kappa shape index (κ2) is 13.3. The molecule has 0 aliphatic carbocycles. The molecule has 8 aromatic carbocycles. The fourth-order valence-electron chi connectivity index (χ4n) is 6.43. The van der Waals surface area contributed by atoms with E-state index in [-0.39, 0.29) is 0 Å². The number of benzene rings is 8. The molecule has 0 aromatic heterocycles. The summed E-state index contributed by atoms with van der Waals surface area (Å²) in [6.07, 6.45) is 0. The zero-order valence-electron chi connectivity index (χ0n) is 27.1. The number of fused-ring (bicyclic) bond motifs is 3. The van der Waals surface area contributed by atoms with Crippen LogP contribution in [0.25, 0.3) is 54.6 Å². The molecule has 0 aliphatic heterocycles. The van der Waals surface area contributed by atoms with Gasteiger partial charge >= 0.3 is 0 Å². The molecular weight excluding hydrogens is 567 g/mol. The lowest BCUT2D eigenvalue weighted by Gasteiger charge is -2.18. The van der Waals surface area contributed by atoms with Gasteiger partial charge in [-0.15, -0.1) is 0 Å². The predicted molar refractivity (Wildman–Crippen MR) is 204 cm³/mol. The average Bonchev–Trinajstić information content (AvgIpc) is 3.12. The molecule has 0 saturated carbocycles. The van der Waals surface area contributed by atoms with Crippen molar-refractivity contribution in [1.29, 1.82) is 0 Å².